The van der Waals surface area contributed by atoms with Crippen LogP contribution in [0.2, 0.25) is 0 Å². The standard InChI is InChI=1S/C15H23N3O2.ClH/c1-15(2,3)18-13(19)10-17-14(20)12(9-16)11-7-5-4-6-8-11;/h4-8,12H,9-10,16H2,1-3H3,(H,17,20)(H,18,19);1H. The molecule has 2 amide bonds. The Morgan fingerprint density at radius 3 is 2.24 bits per heavy atom. The summed E-state index contributed by atoms with van der Waals surface area (Å²) < 4.78 is 0. The number of halogens is 1. The molecule has 1 unspecified atom stereocenters. The first-order valence-electron chi connectivity index (χ1n) is 6.67. The lowest BCUT2D eigenvalue weighted by molar-refractivity contribution is -0.127. The molecule has 4 N–H and O–H groups in total. The zero-order chi connectivity index (χ0) is 15.2. The van der Waals surface area contributed by atoms with Gasteiger partial charge in [0.05, 0.1) is 12.5 Å². The van der Waals surface area contributed by atoms with Gasteiger partial charge in [-0.3, -0.25) is 9.59 Å². The number of hydrogen-bond donors (Lipinski definition) is 3. The molecular weight excluding hydrogens is 290 g/mol. The van der Waals surface area contributed by atoms with Crippen LogP contribution in [0.1, 0.15) is 32.3 Å². The van der Waals surface area contributed by atoms with Crippen molar-refractivity contribution in [1.82, 2.24) is 10.6 Å². The Hall–Kier alpha value is -1.59. The lowest BCUT2D eigenvalue weighted by atomic mass is 9.98. The van der Waals surface area contributed by atoms with Crippen molar-refractivity contribution in [2.24, 2.45) is 5.73 Å². The van der Waals surface area contributed by atoms with Crippen molar-refractivity contribution in [3.8, 4) is 0 Å². The molecule has 0 aliphatic rings. The Morgan fingerprint density at radius 2 is 1.76 bits per heavy atom. The summed E-state index contributed by atoms with van der Waals surface area (Å²) in [6.45, 7) is 5.83. The van der Waals surface area contributed by atoms with E-state index in [4.69, 9.17) is 5.73 Å². The van der Waals surface area contributed by atoms with Crippen LogP contribution in [0.15, 0.2) is 30.3 Å². The number of amides is 2. The number of nitrogens with two attached hydrogens (primary N) is 1. The smallest absolute Gasteiger partial charge is 0.239 e. The topological polar surface area (TPSA) is 84.2 Å². The molecule has 5 nitrogen and oxygen atoms in total. The third-order valence-corrected chi connectivity index (χ3v) is 2.69. The molecule has 21 heavy (non-hydrogen) atoms. The van der Waals surface area contributed by atoms with Gasteiger partial charge in [-0.25, -0.2) is 0 Å². The second kappa shape index (κ2) is 8.64. The van der Waals surface area contributed by atoms with E-state index >= 15 is 0 Å². The maximum atomic E-state index is 12.1. The highest BCUT2D eigenvalue weighted by molar-refractivity contribution is 5.88. The van der Waals surface area contributed by atoms with E-state index in [1.54, 1.807) is 0 Å². The molecule has 0 saturated carbocycles. The molecule has 0 saturated heterocycles. The van der Waals surface area contributed by atoms with Crippen molar-refractivity contribution in [2.45, 2.75) is 32.2 Å². The van der Waals surface area contributed by atoms with Gasteiger partial charge in [0.1, 0.15) is 0 Å². The van der Waals surface area contributed by atoms with Gasteiger partial charge in [-0.1, -0.05) is 30.3 Å². The highest BCUT2D eigenvalue weighted by atomic mass is 35.5. The third-order valence-electron chi connectivity index (χ3n) is 2.69. The van der Waals surface area contributed by atoms with Gasteiger partial charge in [0, 0.05) is 12.1 Å². The fraction of sp³-hybridized carbons (Fsp3) is 0.467. The Morgan fingerprint density at radius 1 is 1.19 bits per heavy atom. The monoisotopic (exact) mass is 313 g/mol. The van der Waals surface area contributed by atoms with E-state index in [2.05, 4.69) is 10.6 Å². The van der Waals surface area contributed by atoms with E-state index in [1.807, 2.05) is 51.1 Å². The molecular formula is C15H24ClN3O2. The summed E-state index contributed by atoms with van der Waals surface area (Å²) in [6.07, 6.45) is 0. The molecule has 0 aromatic heterocycles. The first-order chi connectivity index (χ1) is 9.33. The van der Waals surface area contributed by atoms with Crippen molar-refractivity contribution in [3.05, 3.63) is 35.9 Å². The normalized spacial score (nSPS) is 12.0. The van der Waals surface area contributed by atoms with Crippen LogP contribution >= 0.6 is 12.4 Å². The highest BCUT2D eigenvalue weighted by Gasteiger charge is 2.20. The van der Waals surface area contributed by atoms with Gasteiger partial charge in [-0.05, 0) is 26.3 Å². The highest BCUT2D eigenvalue weighted by Crippen LogP contribution is 2.13. The Bertz CT molecular complexity index is 458. The van der Waals surface area contributed by atoms with Crippen LogP contribution in [0.4, 0.5) is 0 Å². The molecule has 0 fully saturated rings. The maximum Gasteiger partial charge on any atom is 0.239 e. The Balaban J connectivity index is 0.00000400. The van der Waals surface area contributed by atoms with Gasteiger partial charge in [-0.2, -0.15) is 0 Å². The fourth-order valence-electron chi connectivity index (χ4n) is 1.83. The van der Waals surface area contributed by atoms with Crippen molar-refractivity contribution < 1.29 is 9.59 Å². The van der Waals surface area contributed by atoms with E-state index in [0.717, 1.165) is 5.56 Å². The van der Waals surface area contributed by atoms with Crippen LogP contribution in [-0.4, -0.2) is 30.4 Å². The molecule has 0 aliphatic heterocycles. The second-order valence-electron chi connectivity index (χ2n) is 5.71. The third kappa shape index (κ3) is 7.11. The van der Waals surface area contributed by atoms with Crippen molar-refractivity contribution in [2.75, 3.05) is 13.1 Å². The number of carbonyl (C=O) groups excluding carboxylic acids is 2. The van der Waals surface area contributed by atoms with E-state index in [0.29, 0.717) is 0 Å². The van der Waals surface area contributed by atoms with Gasteiger partial charge >= 0.3 is 0 Å². The zero-order valence-electron chi connectivity index (χ0n) is 12.7. The average Bonchev–Trinajstić information content (AvgIpc) is 2.36. The minimum absolute atomic E-state index is 0. The first kappa shape index (κ1) is 19.4. The van der Waals surface area contributed by atoms with Gasteiger partial charge in [0.2, 0.25) is 11.8 Å². The molecule has 1 atom stereocenters. The summed E-state index contributed by atoms with van der Waals surface area (Å²) in [4.78, 5) is 23.7. The molecule has 118 valence electrons. The predicted octanol–water partition coefficient (Wildman–Crippen LogP) is 1.18. The molecule has 0 radical (unpaired) electrons. The number of rotatable bonds is 5. The molecule has 0 spiro atoms. The van der Waals surface area contributed by atoms with Crippen LogP contribution in [0, 0.1) is 0 Å². The summed E-state index contributed by atoms with van der Waals surface area (Å²) in [5.74, 6) is -0.879. The summed E-state index contributed by atoms with van der Waals surface area (Å²) in [6, 6.07) is 9.31. The Labute approximate surface area is 132 Å². The minimum Gasteiger partial charge on any atom is -0.350 e. The summed E-state index contributed by atoms with van der Waals surface area (Å²) in [5, 5.41) is 5.41. The molecule has 0 aliphatic carbocycles. The van der Waals surface area contributed by atoms with E-state index in [9.17, 15) is 9.59 Å². The summed E-state index contributed by atoms with van der Waals surface area (Å²) in [7, 11) is 0. The SMILES string of the molecule is CC(C)(C)NC(=O)CNC(=O)C(CN)c1ccccc1.Cl. The molecule has 0 bridgehead atoms. The van der Waals surface area contributed by atoms with Crippen molar-refractivity contribution in [1.29, 1.82) is 0 Å². The van der Waals surface area contributed by atoms with Crippen LogP contribution in [0.25, 0.3) is 0 Å². The fourth-order valence-corrected chi connectivity index (χ4v) is 1.83. The molecule has 1 aromatic rings. The number of nitrogens with one attached hydrogen (secondary N) is 2. The Kier molecular flexibility index (Phi) is 7.99. The van der Waals surface area contributed by atoms with Gasteiger partial charge < -0.3 is 16.4 Å². The van der Waals surface area contributed by atoms with E-state index < -0.39 is 5.92 Å². The average molecular weight is 314 g/mol. The molecule has 6 heteroatoms. The van der Waals surface area contributed by atoms with Crippen LogP contribution in [0.3, 0.4) is 0 Å². The minimum atomic E-state index is -0.432. The zero-order valence-corrected chi connectivity index (χ0v) is 13.5. The van der Waals surface area contributed by atoms with Gasteiger partial charge in [-0.15, -0.1) is 12.4 Å². The van der Waals surface area contributed by atoms with Crippen molar-refractivity contribution >= 4 is 24.2 Å². The lowest BCUT2D eigenvalue weighted by Gasteiger charge is -2.21. The van der Waals surface area contributed by atoms with E-state index in [-0.39, 0.29) is 42.8 Å². The van der Waals surface area contributed by atoms with Gasteiger partial charge in [0.15, 0.2) is 0 Å². The first-order valence-corrected chi connectivity index (χ1v) is 6.67. The lowest BCUT2D eigenvalue weighted by Crippen LogP contribution is -2.47. The quantitative estimate of drug-likeness (QED) is 0.763. The molecule has 1 rings (SSSR count). The summed E-state index contributed by atoms with van der Waals surface area (Å²) in [5.41, 5.74) is 6.19. The second-order valence-corrected chi connectivity index (χ2v) is 5.71. The number of hydrogen-bond acceptors (Lipinski definition) is 3. The number of carbonyl (C=O) groups is 2. The van der Waals surface area contributed by atoms with Crippen LogP contribution in [-0.2, 0) is 9.59 Å². The van der Waals surface area contributed by atoms with Gasteiger partial charge in [0.25, 0.3) is 0 Å². The molecule has 0 heterocycles. The van der Waals surface area contributed by atoms with Crippen LogP contribution in [0.5, 0.6) is 0 Å². The van der Waals surface area contributed by atoms with Crippen molar-refractivity contribution in [3.63, 3.8) is 0 Å². The van der Waals surface area contributed by atoms with E-state index in [1.165, 1.54) is 0 Å². The largest absolute Gasteiger partial charge is 0.350 e. The summed E-state index contributed by atoms with van der Waals surface area (Å²) >= 11 is 0. The number of benzene rings is 1. The molecule has 1 aromatic carbocycles. The maximum absolute atomic E-state index is 12.1. The van der Waals surface area contributed by atoms with Crippen LogP contribution < -0.4 is 16.4 Å². The predicted molar refractivity (Wildman–Crippen MR) is 86.4 cm³/mol.